The monoisotopic (exact) mass is 292 g/mol. The summed E-state index contributed by atoms with van der Waals surface area (Å²) in [7, 11) is 0. The minimum Gasteiger partial charge on any atom is -0.399 e. The molecule has 0 spiro atoms. The Morgan fingerprint density at radius 1 is 1.25 bits per heavy atom. The number of nitrogens with two attached hydrogens (primary N) is 1. The summed E-state index contributed by atoms with van der Waals surface area (Å²) in [5.74, 6) is -5.00. The first kappa shape index (κ1) is 16.3. The van der Waals surface area contributed by atoms with Gasteiger partial charge in [-0.25, -0.2) is 8.78 Å². The lowest BCUT2D eigenvalue weighted by Gasteiger charge is -2.25. The quantitative estimate of drug-likeness (QED) is 0.647. The summed E-state index contributed by atoms with van der Waals surface area (Å²) in [5.41, 5.74) is 5.42. The topological polar surface area (TPSA) is 55.1 Å². The number of hydrogen-bond donors (Lipinski definition) is 2. The summed E-state index contributed by atoms with van der Waals surface area (Å²) in [4.78, 5) is 11.9. The second-order valence-electron chi connectivity index (χ2n) is 4.99. The number of nitrogens with one attached hydrogen (secondary N) is 1. The molecule has 0 aliphatic carbocycles. The number of nitrogen functional groups attached to an aromatic ring is 1. The highest BCUT2D eigenvalue weighted by molar-refractivity contribution is 5.87. The Balaban J connectivity index is 2.78. The average Bonchev–Trinajstić information content (AvgIpc) is 2.36. The van der Waals surface area contributed by atoms with Crippen molar-refractivity contribution in [2.75, 3.05) is 12.3 Å². The van der Waals surface area contributed by atoms with Gasteiger partial charge in [0.05, 0.1) is 12.0 Å². The van der Waals surface area contributed by atoms with Crippen molar-refractivity contribution in [3.05, 3.63) is 29.8 Å². The van der Waals surface area contributed by atoms with Gasteiger partial charge >= 0.3 is 12.3 Å². The summed E-state index contributed by atoms with van der Waals surface area (Å²) in [6.45, 7) is 1.62. The first-order valence-corrected chi connectivity index (χ1v) is 5.87. The van der Waals surface area contributed by atoms with Crippen molar-refractivity contribution >= 4 is 11.6 Å². The van der Waals surface area contributed by atoms with Crippen molar-refractivity contribution in [2.45, 2.75) is 31.6 Å². The molecule has 0 bridgehead atoms. The van der Waals surface area contributed by atoms with E-state index >= 15 is 0 Å². The maximum atomic E-state index is 12.8. The molecule has 1 rings (SSSR count). The van der Waals surface area contributed by atoms with Crippen LogP contribution in [0, 0.1) is 0 Å². The first-order valence-electron chi connectivity index (χ1n) is 5.87. The molecule has 1 aromatic carbocycles. The van der Waals surface area contributed by atoms with Crippen LogP contribution in [0.25, 0.3) is 0 Å². The van der Waals surface area contributed by atoms with Crippen LogP contribution >= 0.6 is 0 Å². The molecule has 112 valence electrons. The van der Waals surface area contributed by atoms with E-state index in [1.807, 2.05) is 5.32 Å². The van der Waals surface area contributed by atoms with Gasteiger partial charge in [-0.3, -0.25) is 4.79 Å². The highest BCUT2D eigenvalue weighted by Crippen LogP contribution is 2.26. The molecule has 0 atom stereocenters. The van der Waals surface area contributed by atoms with Crippen molar-refractivity contribution in [3.63, 3.8) is 0 Å². The molecule has 0 fully saturated rings. The predicted molar refractivity (Wildman–Crippen MR) is 67.8 cm³/mol. The normalized spacial score (nSPS) is 12.6. The summed E-state index contributed by atoms with van der Waals surface area (Å²) in [6, 6.07) is 6.30. The smallest absolute Gasteiger partial charge is 0.324 e. The Kier molecular flexibility index (Phi) is 4.62. The third-order valence-corrected chi connectivity index (χ3v) is 3.00. The van der Waals surface area contributed by atoms with Crippen LogP contribution in [0.15, 0.2) is 24.3 Å². The highest BCUT2D eigenvalue weighted by atomic mass is 19.3. The van der Waals surface area contributed by atoms with Crippen molar-refractivity contribution < 1.29 is 22.4 Å². The molecule has 0 aromatic heterocycles. The van der Waals surface area contributed by atoms with Gasteiger partial charge in [-0.2, -0.15) is 8.78 Å². The van der Waals surface area contributed by atoms with E-state index in [1.165, 1.54) is 13.8 Å². The van der Waals surface area contributed by atoms with Crippen molar-refractivity contribution in [1.82, 2.24) is 5.32 Å². The molecule has 0 saturated carbocycles. The van der Waals surface area contributed by atoms with Gasteiger partial charge in [0.2, 0.25) is 5.91 Å². The number of carbonyl (C=O) groups excluding carboxylic acids is 1. The minimum absolute atomic E-state index is 0.495. The van der Waals surface area contributed by atoms with Crippen LogP contribution in [0.3, 0.4) is 0 Å². The molecule has 20 heavy (non-hydrogen) atoms. The summed E-state index contributed by atoms with van der Waals surface area (Å²) >= 11 is 0. The van der Waals surface area contributed by atoms with Gasteiger partial charge in [0, 0.05) is 5.69 Å². The lowest BCUT2D eigenvalue weighted by molar-refractivity contribution is -0.139. The zero-order chi connectivity index (χ0) is 15.6. The van der Waals surface area contributed by atoms with E-state index in [4.69, 9.17) is 5.73 Å². The number of amides is 1. The number of halogens is 4. The molecule has 0 saturated heterocycles. The number of alkyl halides is 4. The lowest BCUT2D eigenvalue weighted by Crippen LogP contribution is -2.47. The van der Waals surface area contributed by atoms with E-state index < -0.39 is 30.2 Å². The van der Waals surface area contributed by atoms with Gasteiger partial charge in [0.1, 0.15) is 0 Å². The van der Waals surface area contributed by atoms with Gasteiger partial charge in [-0.05, 0) is 31.5 Å². The second kappa shape index (κ2) is 5.68. The molecule has 0 unspecified atom stereocenters. The van der Waals surface area contributed by atoms with Crippen LogP contribution in [0.2, 0.25) is 0 Å². The number of carbonyl (C=O) groups is 1. The molecule has 1 aromatic rings. The molecule has 0 aliphatic rings. The highest BCUT2D eigenvalue weighted by Gasteiger charge is 2.42. The Hall–Kier alpha value is -1.79. The van der Waals surface area contributed by atoms with E-state index in [0.717, 1.165) is 0 Å². The maximum Gasteiger partial charge on any atom is 0.324 e. The third-order valence-electron chi connectivity index (χ3n) is 3.00. The number of anilines is 1. The van der Waals surface area contributed by atoms with Crippen LogP contribution in [0.1, 0.15) is 19.4 Å². The Morgan fingerprint density at radius 2 is 1.75 bits per heavy atom. The SMILES string of the molecule is CC(C)(C(=O)NCC(F)(F)C(F)F)c1ccc(N)cc1. The standard InChI is InChI=1S/C13H16F4N2O/c1-12(2,8-3-5-9(18)6-4-8)11(20)19-7-13(16,17)10(14)15/h3-6,10H,7,18H2,1-2H3,(H,19,20). The largest absolute Gasteiger partial charge is 0.399 e. The van der Waals surface area contributed by atoms with E-state index in [-0.39, 0.29) is 0 Å². The van der Waals surface area contributed by atoms with E-state index in [2.05, 4.69) is 0 Å². The van der Waals surface area contributed by atoms with Gasteiger partial charge in [-0.1, -0.05) is 12.1 Å². The summed E-state index contributed by atoms with van der Waals surface area (Å²) in [5, 5.41) is 1.86. The molecular formula is C13H16F4N2O. The van der Waals surface area contributed by atoms with E-state index in [1.54, 1.807) is 24.3 Å². The summed E-state index contributed by atoms with van der Waals surface area (Å²) < 4.78 is 49.6. The van der Waals surface area contributed by atoms with E-state index in [0.29, 0.717) is 11.3 Å². The second-order valence-corrected chi connectivity index (χ2v) is 4.99. The van der Waals surface area contributed by atoms with Crippen molar-refractivity contribution in [2.24, 2.45) is 0 Å². The molecule has 1 amide bonds. The zero-order valence-corrected chi connectivity index (χ0v) is 11.1. The fraction of sp³-hybridized carbons (Fsp3) is 0.462. The summed E-state index contributed by atoms with van der Waals surface area (Å²) in [6.07, 6.45) is -3.82. The molecular weight excluding hydrogens is 276 g/mol. The van der Waals surface area contributed by atoms with Gasteiger partial charge < -0.3 is 11.1 Å². The van der Waals surface area contributed by atoms with Gasteiger partial charge in [0.25, 0.3) is 0 Å². The molecule has 7 heteroatoms. The van der Waals surface area contributed by atoms with Crippen molar-refractivity contribution in [3.8, 4) is 0 Å². The Bertz CT molecular complexity index is 472. The van der Waals surface area contributed by atoms with Crippen molar-refractivity contribution in [1.29, 1.82) is 0 Å². The Morgan fingerprint density at radius 3 is 2.20 bits per heavy atom. The van der Waals surface area contributed by atoms with Gasteiger partial charge in [0.15, 0.2) is 0 Å². The molecule has 0 heterocycles. The van der Waals surface area contributed by atoms with Crippen LogP contribution in [-0.4, -0.2) is 24.8 Å². The number of hydrogen-bond acceptors (Lipinski definition) is 2. The maximum absolute atomic E-state index is 12.8. The fourth-order valence-corrected chi connectivity index (χ4v) is 1.53. The number of benzene rings is 1. The van der Waals surface area contributed by atoms with Crippen LogP contribution in [0.4, 0.5) is 23.2 Å². The van der Waals surface area contributed by atoms with E-state index in [9.17, 15) is 22.4 Å². The molecule has 0 aliphatic heterocycles. The van der Waals surface area contributed by atoms with Gasteiger partial charge in [-0.15, -0.1) is 0 Å². The third kappa shape index (κ3) is 3.61. The Labute approximate surface area is 114 Å². The van der Waals surface area contributed by atoms with Crippen LogP contribution in [0.5, 0.6) is 0 Å². The minimum atomic E-state index is -4.24. The fourth-order valence-electron chi connectivity index (χ4n) is 1.53. The average molecular weight is 292 g/mol. The van der Waals surface area contributed by atoms with Crippen LogP contribution in [-0.2, 0) is 10.2 Å². The lowest BCUT2D eigenvalue weighted by atomic mass is 9.83. The number of rotatable bonds is 5. The molecule has 0 radical (unpaired) electrons. The zero-order valence-electron chi connectivity index (χ0n) is 11.1. The molecule has 3 nitrogen and oxygen atoms in total. The predicted octanol–water partition coefficient (Wildman–Crippen LogP) is 2.56. The van der Waals surface area contributed by atoms with Crippen LogP contribution < -0.4 is 11.1 Å². The molecule has 3 N–H and O–H groups in total. The first-order chi connectivity index (χ1) is 9.07.